The van der Waals surface area contributed by atoms with Gasteiger partial charge in [-0.2, -0.15) is 5.10 Å². The number of rotatable bonds is 5. The van der Waals surface area contributed by atoms with Crippen LogP contribution in [0.3, 0.4) is 0 Å². The summed E-state index contributed by atoms with van der Waals surface area (Å²) in [6, 6.07) is 2.15. The fourth-order valence-electron chi connectivity index (χ4n) is 2.02. The van der Waals surface area contributed by atoms with Gasteiger partial charge in [0.25, 0.3) is 0 Å². The summed E-state index contributed by atoms with van der Waals surface area (Å²) in [5, 5.41) is 7.95. The molecule has 1 saturated heterocycles. The zero-order chi connectivity index (χ0) is 12.1. The van der Waals surface area contributed by atoms with Crippen LogP contribution < -0.4 is 5.32 Å². The zero-order valence-corrected chi connectivity index (χ0v) is 10.6. The summed E-state index contributed by atoms with van der Waals surface area (Å²) in [6.07, 6.45) is 3.11. The van der Waals surface area contributed by atoms with Crippen LogP contribution >= 0.6 is 0 Å². The number of aryl methyl sites for hydroxylation is 1. The fourth-order valence-corrected chi connectivity index (χ4v) is 2.02. The van der Waals surface area contributed by atoms with Gasteiger partial charge >= 0.3 is 0 Å². The third-order valence-electron chi connectivity index (χ3n) is 2.88. The molecule has 2 heterocycles. The molecule has 0 aliphatic carbocycles. The first-order valence-corrected chi connectivity index (χ1v) is 6.23. The molecule has 1 aromatic rings. The molecule has 2 atom stereocenters. The predicted octanol–water partition coefficient (Wildman–Crippen LogP) is 0.876. The molecule has 5 heteroatoms. The monoisotopic (exact) mass is 239 g/mol. The lowest BCUT2D eigenvalue weighted by Crippen LogP contribution is -2.41. The second kappa shape index (κ2) is 6.14. The largest absolute Gasteiger partial charge is 0.376 e. The number of ether oxygens (including phenoxy) is 2. The van der Waals surface area contributed by atoms with Gasteiger partial charge in [0.2, 0.25) is 0 Å². The van der Waals surface area contributed by atoms with Gasteiger partial charge in [-0.3, -0.25) is 4.68 Å². The second-order valence-corrected chi connectivity index (χ2v) is 4.33. The minimum absolute atomic E-state index is 0.0604. The summed E-state index contributed by atoms with van der Waals surface area (Å²) in [4.78, 5) is 0. The third-order valence-corrected chi connectivity index (χ3v) is 2.88. The van der Waals surface area contributed by atoms with Gasteiger partial charge in [0.15, 0.2) is 0 Å². The summed E-state index contributed by atoms with van der Waals surface area (Å²) in [7, 11) is 1.93. The van der Waals surface area contributed by atoms with Crippen molar-refractivity contribution < 1.29 is 9.47 Å². The van der Waals surface area contributed by atoms with E-state index in [0.29, 0.717) is 19.8 Å². The van der Waals surface area contributed by atoms with Crippen LogP contribution in [0.1, 0.15) is 25.1 Å². The van der Waals surface area contributed by atoms with E-state index in [0.717, 1.165) is 18.7 Å². The lowest BCUT2D eigenvalue weighted by atomic mass is 10.1. The van der Waals surface area contributed by atoms with E-state index < -0.39 is 0 Å². The zero-order valence-electron chi connectivity index (χ0n) is 10.6. The highest BCUT2D eigenvalue weighted by Crippen LogP contribution is 2.20. The summed E-state index contributed by atoms with van der Waals surface area (Å²) < 4.78 is 13.1. The van der Waals surface area contributed by atoms with Crippen molar-refractivity contribution in [3.8, 4) is 0 Å². The van der Waals surface area contributed by atoms with Crippen molar-refractivity contribution in [2.24, 2.45) is 7.05 Å². The van der Waals surface area contributed by atoms with Gasteiger partial charge in [0.05, 0.1) is 31.6 Å². The van der Waals surface area contributed by atoms with E-state index in [1.54, 1.807) is 0 Å². The summed E-state index contributed by atoms with van der Waals surface area (Å²) in [5.74, 6) is 0. The number of hydrogen-bond acceptors (Lipinski definition) is 4. The molecule has 1 aliphatic rings. The Morgan fingerprint density at radius 1 is 1.59 bits per heavy atom. The molecule has 1 aliphatic heterocycles. The molecule has 0 bridgehead atoms. The van der Waals surface area contributed by atoms with Gasteiger partial charge in [-0.05, 0) is 19.0 Å². The molecule has 0 spiro atoms. The topological polar surface area (TPSA) is 48.3 Å². The normalized spacial score (nSPS) is 22.6. The Kier molecular flexibility index (Phi) is 4.53. The van der Waals surface area contributed by atoms with Crippen molar-refractivity contribution in [1.82, 2.24) is 15.1 Å². The highest BCUT2D eigenvalue weighted by Gasteiger charge is 2.27. The van der Waals surface area contributed by atoms with Crippen molar-refractivity contribution in [3.05, 3.63) is 18.0 Å². The first-order chi connectivity index (χ1) is 8.31. The number of aromatic nitrogens is 2. The van der Waals surface area contributed by atoms with Crippen molar-refractivity contribution in [2.75, 3.05) is 26.4 Å². The Morgan fingerprint density at radius 2 is 2.47 bits per heavy atom. The van der Waals surface area contributed by atoms with Crippen molar-refractivity contribution >= 4 is 0 Å². The lowest BCUT2D eigenvalue weighted by Gasteiger charge is -2.30. The summed E-state index contributed by atoms with van der Waals surface area (Å²) >= 11 is 0. The molecule has 1 N–H and O–H groups in total. The van der Waals surface area contributed by atoms with E-state index in [9.17, 15) is 0 Å². The minimum Gasteiger partial charge on any atom is -0.376 e. The van der Waals surface area contributed by atoms with Crippen LogP contribution in [0.15, 0.2) is 12.3 Å². The number of hydrogen-bond donors (Lipinski definition) is 1. The minimum atomic E-state index is 0.0604. The highest BCUT2D eigenvalue weighted by atomic mass is 16.6. The SMILES string of the molecule is CCCNC(c1ccn(C)n1)C1COCCO1. The molecular formula is C12H21N3O2. The molecule has 0 radical (unpaired) electrons. The van der Waals surface area contributed by atoms with E-state index in [2.05, 4.69) is 17.3 Å². The summed E-state index contributed by atoms with van der Waals surface area (Å²) in [5.41, 5.74) is 1.02. The Hall–Kier alpha value is -0.910. The van der Waals surface area contributed by atoms with E-state index in [-0.39, 0.29) is 12.1 Å². The van der Waals surface area contributed by atoms with Crippen LogP contribution in [0.25, 0.3) is 0 Å². The highest BCUT2D eigenvalue weighted by molar-refractivity contribution is 5.08. The van der Waals surface area contributed by atoms with E-state index in [1.165, 1.54) is 0 Å². The molecule has 2 unspecified atom stereocenters. The molecule has 5 nitrogen and oxygen atoms in total. The molecular weight excluding hydrogens is 218 g/mol. The van der Waals surface area contributed by atoms with Crippen LogP contribution in [0.2, 0.25) is 0 Å². The standard InChI is InChI=1S/C12H21N3O2/c1-3-5-13-12(10-4-6-15(2)14-10)11-9-16-7-8-17-11/h4,6,11-13H,3,5,7-9H2,1-2H3. The molecule has 0 saturated carbocycles. The molecule has 2 rings (SSSR count). The van der Waals surface area contributed by atoms with Crippen LogP contribution in [-0.2, 0) is 16.5 Å². The smallest absolute Gasteiger partial charge is 0.102 e. The van der Waals surface area contributed by atoms with Crippen LogP contribution in [0, 0.1) is 0 Å². The number of nitrogens with zero attached hydrogens (tertiary/aromatic N) is 2. The lowest BCUT2D eigenvalue weighted by molar-refractivity contribution is -0.103. The van der Waals surface area contributed by atoms with Gasteiger partial charge in [0, 0.05) is 13.2 Å². The average molecular weight is 239 g/mol. The van der Waals surface area contributed by atoms with Gasteiger partial charge in [-0.1, -0.05) is 6.92 Å². The Morgan fingerprint density at radius 3 is 3.06 bits per heavy atom. The Bertz CT molecular complexity index is 334. The van der Waals surface area contributed by atoms with Crippen molar-refractivity contribution in [3.63, 3.8) is 0 Å². The maximum atomic E-state index is 5.76. The van der Waals surface area contributed by atoms with Gasteiger partial charge < -0.3 is 14.8 Å². The second-order valence-electron chi connectivity index (χ2n) is 4.33. The Labute approximate surface area is 102 Å². The van der Waals surface area contributed by atoms with Gasteiger partial charge in [-0.25, -0.2) is 0 Å². The summed E-state index contributed by atoms with van der Waals surface area (Å²) in [6.45, 7) is 5.11. The van der Waals surface area contributed by atoms with E-state index in [1.807, 2.05) is 24.0 Å². The van der Waals surface area contributed by atoms with E-state index >= 15 is 0 Å². The maximum Gasteiger partial charge on any atom is 0.102 e. The quantitative estimate of drug-likeness (QED) is 0.828. The molecule has 96 valence electrons. The van der Waals surface area contributed by atoms with Crippen LogP contribution in [0.5, 0.6) is 0 Å². The van der Waals surface area contributed by atoms with Gasteiger partial charge in [-0.15, -0.1) is 0 Å². The van der Waals surface area contributed by atoms with Crippen LogP contribution in [0.4, 0.5) is 0 Å². The molecule has 0 aromatic carbocycles. The molecule has 1 fully saturated rings. The first-order valence-electron chi connectivity index (χ1n) is 6.23. The first kappa shape index (κ1) is 12.5. The number of nitrogens with one attached hydrogen (secondary N) is 1. The molecule has 1 aromatic heterocycles. The Balaban J connectivity index is 2.06. The van der Waals surface area contributed by atoms with Gasteiger partial charge in [0.1, 0.15) is 6.10 Å². The molecule has 17 heavy (non-hydrogen) atoms. The molecule has 0 amide bonds. The van der Waals surface area contributed by atoms with E-state index in [4.69, 9.17) is 9.47 Å². The maximum absolute atomic E-state index is 5.76. The fraction of sp³-hybridized carbons (Fsp3) is 0.750. The van der Waals surface area contributed by atoms with Crippen molar-refractivity contribution in [1.29, 1.82) is 0 Å². The average Bonchev–Trinajstić information content (AvgIpc) is 2.78. The third kappa shape index (κ3) is 3.28. The van der Waals surface area contributed by atoms with Crippen molar-refractivity contribution in [2.45, 2.75) is 25.5 Å². The predicted molar refractivity (Wildman–Crippen MR) is 64.8 cm³/mol. The van der Waals surface area contributed by atoms with Crippen LogP contribution in [-0.4, -0.2) is 42.2 Å².